The van der Waals surface area contributed by atoms with Gasteiger partial charge in [-0.25, -0.2) is 0 Å². The number of benzene rings is 1. The van der Waals surface area contributed by atoms with Crippen molar-refractivity contribution in [3.8, 4) is 5.75 Å². The van der Waals surface area contributed by atoms with Gasteiger partial charge in [0.2, 0.25) is 0 Å². The number of hydrogen-bond acceptors (Lipinski definition) is 6. The average Bonchev–Trinajstić information content (AvgIpc) is 2.47. The predicted octanol–water partition coefficient (Wildman–Crippen LogP) is 2.28. The number of carbonyl (C=O) groups excluding carboxylic acids is 1. The Hall–Kier alpha value is -1.67. The Bertz CT molecular complexity index is 509. The summed E-state index contributed by atoms with van der Waals surface area (Å²) in [7, 11) is 1.28. The number of nitro groups is 1. The minimum atomic E-state index is -0.668. The van der Waals surface area contributed by atoms with Crippen LogP contribution in [0.25, 0.3) is 0 Å². The Morgan fingerprint density at radius 2 is 2.24 bits per heavy atom. The number of nitrogens with one attached hydrogen (secondary N) is 1. The van der Waals surface area contributed by atoms with Gasteiger partial charge in [0.1, 0.15) is 12.6 Å². The highest BCUT2D eigenvalue weighted by Gasteiger charge is 2.22. The maximum absolute atomic E-state index is 11.6. The number of methoxy groups -OCH3 is 1. The lowest BCUT2D eigenvalue weighted by atomic mass is 10.3. The van der Waals surface area contributed by atoms with Gasteiger partial charge >= 0.3 is 11.7 Å². The number of carbonyl (C=O) groups is 1. The highest BCUT2D eigenvalue weighted by atomic mass is 79.9. The van der Waals surface area contributed by atoms with Crippen molar-refractivity contribution in [1.82, 2.24) is 5.32 Å². The molecular formula is C13H17BrN2O5. The molecule has 0 saturated carbocycles. The topological polar surface area (TPSA) is 90.7 Å². The zero-order chi connectivity index (χ0) is 15.8. The van der Waals surface area contributed by atoms with E-state index in [2.05, 4.69) is 26.0 Å². The molecular weight excluding hydrogens is 344 g/mol. The highest BCUT2D eigenvalue weighted by molar-refractivity contribution is 9.10. The van der Waals surface area contributed by atoms with Crippen molar-refractivity contribution < 1.29 is 19.2 Å². The average molecular weight is 361 g/mol. The molecule has 1 unspecified atom stereocenters. The summed E-state index contributed by atoms with van der Waals surface area (Å²) in [6, 6.07) is 3.80. The third-order valence-electron chi connectivity index (χ3n) is 2.65. The number of ether oxygens (including phenoxy) is 2. The second-order valence-electron chi connectivity index (χ2n) is 4.21. The lowest BCUT2D eigenvalue weighted by molar-refractivity contribution is -0.386. The summed E-state index contributed by atoms with van der Waals surface area (Å²) < 4.78 is 10.7. The van der Waals surface area contributed by atoms with Crippen LogP contribution in [0.4, 0.5) is 5.69 Å². The maximum Gasteiger partial charge on any atom is 0.326 e. The van der Waals surface area contributed by atoms with Gasteiger partial charge in [-0.1, -0.05) is 22.9 Å². The summed E-state index contributed by atoms with van der Waals surface area (Å²) in [6.45, 7) is 2.53. The van der Waals surface area contributed by atoms with Crippen LogP contribution < -0.4 is 10.1 Å². The van der Waals surface area contributed by atoms with Crippen LogP contribution in [0, 0.1) is 10.1 Å². The zero-order valence-electron chi connectivity index (χ0n) is 11.8. The first-order valence-electron chi connectivity index (χ1n) is 6.37. The molecule has 0 heterocycles. The first-order valence-corrected chi connectivity index (χ1v) is 7.16. The van der Waals surface area contributed by atoms with Crippen LogP contribution in [0.1, 0.15) is 13.3 Å². The van der Waals surface area contributed by atoms with E-state index in [1.165, 1.54) is 19.2 Å². The van der Waals surface area contributed by atoms with Crippen molar-refractivity contribution >= 4 is 27.6 Å². The van der Waals surface area contributed by atoms with Crippen LogP contribution in [0.2, 0.25) is 0 Å². The van der Waals surface area contributed by atoms with E-state index in [4.69, 9.17) is 4.74 Å². The van der Waals surface area contributed by atoms with Crippen LogP contribution >= 0.6 is 15.9 Å². The standard InChI is InChI=1S/C13H17BrN2O5/c1-3-6-15-10(13(17)20-2)8-21-12-5-4-9(14)7-11(12)16(18)19/h4-5,7,10,15H,3,6,8H2,1-2H3. The maximum atomic E-state index is 11.6. The fourth-order valence-electron chi connectivity index (χ4n) is 1.60. The lowest BCUT2D eigenvalue weighted by Crippen LogP contribution is -2.42. The second-order valence-corrected chi connectivity index (χ2v) is 5.13. The molecule has 0 amide bonds. The van der Waals surface area contributed by atoms with E-state index in [1.54, 1.807) is 6.07 Å². The summed E-state index contributed by atoms with van der Waals surface area (Å²) in [4.78, 5) is 22.0. The molecule has 1 N–H and O–H groups in total. The van der Waals surface area contributed by atoms with Crippen LogP contribution in [0.3, 0.4) is 0 Å². The van der Waals surface area contributed by atoms with Crippen molar-refractivity contribution in [3.63, 3.8) is 0 Å². The molecule has 8 heteroatoms. The van der Waals surface area contributed by atoms with Crippen LogP contribution in [-0.2, 0) is 9.53 Å². The molecule has 116 valence electrons. The molecule has 1 aromatic carbocycles. The van der Waals surface area contributed by atoms with Gasteiger partial charge in [-0.2, -0.15) is 0 Å². The van der Waals surface area contributed by atoms with Gasteiger partial charge in [-0.05, 0) is 25.1 Å². The van der Waals surface area contributed by atoms with Gasteiger partial charge in [0.25, 0.3) is 0 Å². The van der Waals surface area contributed by atoms with Gasteiger partial charge < -0.3 is 14.8 Å². The number of esters is 1. The van der Waals surface area contributed by atoms with Gasteiger partial charge in [-0.15, -0.1) is 0 Å². The van der Waals surface area contributed by atoms with Crippen LogP contribution in [-0.4, -0.2) is 37.2 Å². The van der Waals surface area contributed by atoms with Crippen molar-refractivity contribution in [2.24, 2.45) is 0 Å². The fraction of sp³-hybridized carbons (Fsp3) is 0.462. The van der Waals surface area contributed by atoms with Crippen molar-refractivity contribution in [2.75, 3.05) is 20.3 Å². The van der Waals surface area contributed by atoms with Crippen LogP contribution in [0.15, 0.2) is 22.7 Å². The molecule has 0 aliphatic heterocycles. The van der Waals surface area contributed by atoms with Gasteiger partial charge in [0.05, 0.1) is 12.0 Å². The number of rotatable bonds is 8. The number of halogens is 1. The molecule has 0 aliphatic rings. The molecule has 0 radical (unpaired) electrons. The smallest absolute Gasteiger partial charge is 0.326 e. The lowest BCUT2D eigenvalue weighted by Gasteiger charge is -2.16. The van der Waals surface area contributed by atoms with E-state index in [0.717, 1.165) is 6.42 Å². The van der Waals surface area contributed by atoms with E-state index < -0.39 is 16.9 Å². The summed E-state index contributed by atoms with van der Waals surface area (Å²) in [6.07, 6.45) is 0.839. The molecule has 21 heavy (non-hydrogen) atoms. The number of hydrogen-bond donors (Lipinski definition) is 1. The third kappa shape index (κ3) is 5.31. The first-order chi connectivity index (χ1) is 9.99. The van der Waals surface area contributed by atoms with E-state index in [9.17, 15) is 14.9 Å². The molecule has 0 saturated heterocycles. The molecule has 7 nitrogen and oxygen atoms in total. The zero-order valence-corrected chi connectivity index (χ0v) is 13.4. The van der Waals surface area contributed by atoms with E-state index >= 15 is 0 Å². The minimum Gasteiger partial charge on any atom is -0.485 e. The number of nitro benzene ring substituents is 1. The molecule has 1 atom stereocenters. The molecule has 0 fully saturated rings. The normalized spacial score (nSPS) is 11.8. The third-order valence-corrected chi connectivity index (χ3v) is 3.14. The van der Waals surface area contributed by atoms with E-state index in [1.807, 2.05) is 6.92 Å². The Balaban J connectivity index is 2.79. The Labute approximate surface area is 130 Å². The first kappa shape index (κ1) is 17.4. The van der Waals surface area contributed by atoms with Crippen molar-refractivity contribution in [2.45, 2.75) is 19.4 Å². The number of nitrogens with zero attached hydrogens (tertiary/aromatic N) is 1. The van der Waals surface area contributed by atoms with Crippen molar-refractivity contribution in [3.05, 3.63) is 32.8 Å². The largest absolute Gasteiger partial charge is 0.485 e. The minimum absolute atomic E-state index is 0.0465. The van der Waals surface area contributed by atoms with Gasteiger partial charge in [0.15, 0.2) is 5.75 Å². The summed E-state index contributed by atoms with van der Waals surface area (Å²) >= 11 is 3.17. The Morgan fingerprint density at radius 3 is 2.81 bits per heavy atom. The van der Waals surface area contributed by atoms with E-state index in [0.29, 0.717) is 11.0 Å². The molecule has 1 aromatic rings. The van der Waals surface area contributed by atoms with Gasteiger partial charge in [0, 0.05) is 10.5 Å². The quantitative estimate of drug-likeness (QED) is 0.434. The molecule has 0 aromatic heterocycles. The summed E-state index contributed by atoms with van der Waals surface area (Å²) in [5, 5.41) is 13.9. The summed E-state index contributed by atoms with van der Waals surface area (Å²) in [5.74, 6) is -0.362. The van der Waals surface area contributed by atoms with Crippen molar-refractivity contribution in [1.29, 1.82) is 0 Å². The van der Waals surface area contributed by atoms with E-state index in [-0.39, 0.29) is 18.0 Å². The summed E-state index contributed by atoms with van der Waals surface area (Å²) in [5.41, 5.74) is -0.163. The highest BCUT2D eigenvalue weighted by Crippen LogP contribution is 2.30. The van der Waals surface area contributed by atoms with Crippen LogP contribution in [0.5, 0.6) is 5.75 Å². The SMILES string of the molecule is CCCNC(COc1ccc(Br)cc1[N+](=O)[O-])C(=O)OC. The monoisotopic (exact) mass is 360 g/mol. The fourth-order valence-corrected chi connectivity index (χ4v) is 1.95. The molecule has 0 bridgehead atoms. The predicted molar refractivity (Wildman–Crippen MR) is 80.4 cm³/mol. The Morgan fingerprint density at radius 1 is 1.52 bits per heavy atom. The molecule has 0 aliphatic carbocycles. The Kier molecular flexibility index (Phi) is 7.10. The van der Waals surface area contributed by atoms with Gasteiger partial charge in [-0.3, -0.25) is 14.9 Å². The molecule has 1 rings (SSSR count). The second kappa shape index (κ2) is 8.58. The molecule has 0 spiro atoms.